The molecule has 2 fully saturated rings. The molecule has 1 saturated heterocycles. The second-order valence-electron chi connectivity index (χ2n) is 5.47. The van der Waals surface area contributed by atoms with Crippen molar-refractivity contribution in [1.82, 2.24) is 19.7 Å². The molecule has 1 atom stereocenters. The number of carbonyl (C=O) groups excluding carboxylic acids is 1. The lowest BCUT2D eigenvalue weighted by Gasteiger charge is -2.32. The predicted molar refractivity (Wildman–Crippen MR) is 68.4 cm³/mol. The van der Waals surface area contributed by atoms with Crippen LogP contribution in [0.15, 0.2) is 12.7 Å². The molecular formula is C13H20N4O2. The summed E-state index contributed by atoms with van der Waals surface area (Å²) in [4.78, 5) is 17.9. The van der Waals surface area contributed by atoms with Crippen molar-refractivity contribution in [3.63, 3.8) is 0 Å². The van der Waals surface area contributed by atoms with Crippen LogP contribution in [0.4, 0.5) is 0 Å². The topological polar surface area (TPSA) is 60.2 Å². The fourth-order valence-electron chi connectivity index (χ4n) is 2.49. The largest absolute Gasteiger partial charge is 0.371 e. The van der Waals surface area contributed by atoms with Crippen molar-refractivity contribution in [2.75, 3.05) is 26.3 Å². The second-order valence-corrected chi connectivity index (χ2v) is 5.47. The highest BCUT2D eigenvalue weighted by Crippen LogP contribution is 2.28. The molecule has 2 aliphatic rings. The molecule has 1 aromatic heterocycles. The quantitative estimate of drug-likeness (QED) is 0.791. The molecular weight excluding hydrogens is 244 g/mol. The van der Waals surface area contributed by atoms with Gasteiger partial charge in [-0.2, -0.15) is 5.10 Å². The molecule has 0 bridgehead atoms. The molecule has 6 nitrogen and oxygen atoms in total. The van der Waals surface area contributed by atoms with Gasteiger partial charge in [-0.05, 0) is 31.6 Å². The lowest BCUT2D eigenvalue weighted by molar-refractivity contribution is -0.138. The number of rotatable bonds is 5. The molecule has 2 heterocycles. The zero-order valence-corrected chi connectivity index (χ0v) is 11.1. The first-order chi connectivity index (χ1) is 9.33. The average molecular weight is 264 g/mol. The number of amides is 1. The summed E-state index contributed by atoms with van der Waals surface area (Å²) in [6.45, 7) is 2.51. The lowest BCUT2D eigenvalue weighted by atomic mass is 10.1. The molecule has 0 spiro atoms. The van der Waals surface area contributed by atoms with Crippen LogP contribution in [0.5, 0.6) is 0 Å². The second kappa shape index (κ2) is 5.69. The average Bonchev–Trinajstić information content (AvgIpc) is 3.10. The van der Waals surface area contributed by atoms with Crippen LogP contribution in [0.1, 0.15) is 31.7 Å². The Morgan fingerprint density at radius 2 is 2.26 bits per heavy atom. The molecule has 3 rings (SSSR count). The third-order valence-electron chi connectivity index (χ3n) is 3.84. The molecule has 0 aromatic carbocycles. The highest BCUT2D eigenvalue weighted by atomic mass is 16.5. The third kappa shape index (κ3) is 3.32. The smallest absolute Gasteiger partial charge is 0.248 e. The van der Waals surface area contributed by atoms with Crippen LogP contribution in [0.3, 0.4) is 0 Å². The van der Waals surface area contributed by atoms with E-state index in [0.717, 1.165) is 32.5 Å². The van der Waals surface area contributed by atoms with Crippen molar-refractivity contribution < 1.29 is 9.53 Å². The fraction of sp³-hybridized carbons (Fsp3) is 0.769. The van der Waals surface area contributed by atoms with Gasteiger partial charge in [0.15, 0.2) is 0 Å². The van der Waals surface area contributed by atoms with Crippen molar-refractivity contribution in [3.05, 3.63) is 12.7 Å². The zero-order chi connectivity index (χ0) is 13.1. The number of piperidine rings is 1. The van der Waals surface area contributed by atoms with Crippen LogP contribution >= 0.6 is 0 Å². The molecule has 0 N–H and O–H groups in total. The van der Waals surface area contributed by atoms with Crippen LogP contribution in [0.2, 0.25) is 0 Å². The third-order valence-corrected chi connectivity index (χ3v) is 3.84. The number of ether oxygens (including phenoxy) is 1. The summed E-state index contributed by atoms with van der Waals surface area (Å²) < 4.78 is 7.32. The van der Waals surface area contributed by atoms with Gasteiger partial charge >= 0.3 is 0 Å². The summed E-state index contributed by atoms with van der Waals surface area (Å²) >= 11 is 0. The van der Waals surface area contributed by atoms with Gasteiger partial charge in [-0.15, -0.1) is 0 Å². The van der Waals surface area contributed by atoms with Crippen LogP contribution < -0.4 is 0 Å². The number of hydrogen-bond acceptors (Lipinski definition) is 4. The Morgan fingerprint density at radius 3 is 3.00 bits per heavy atom. The zero-order valence-electron chi connectivity index (χ0n) is 11.1. The van der Waals surface area contributed by atoms with E-state index in [0.29, 0.717) is 5.92 Å². The van der Waals surface area contributed by atoms with E-state index in [-0.39, 0.29) is 18.6 Å². The van der Waals surface area contributed by atoms with E-state index < -0.39 is 0 Å². The first-order valence-corrected chi connectivity index (χ1v) is 7.02. The molecule has 6 heteroatoms. The summed E-state index contributed by atoms with van der Waals surface area (Å²) in [7, 11) is 0. The van der Waals surface area contributed by atoms with E-state index >= 15 is 0 Å². The number of likely N-dealkylation sites (tertiary alicyclic amines) is 1. The van der Waals surface area contributed by atoms with Crippen LogP contribution in [0.25, 0.3) is 0 Å². The van der Waals surface area contributed by atoms with Crippen molar-refractivity contribution in [1.29, 1.82) is 0 Å². The molecule has 1 aliphatic heterocycles. The normalized spacial score (nSPS) is 23.6. The van der Waals surface area contributed by atoms with Crippen molar-refractivity contribution in [2.24, 2.45) is 5.92 Å². The Kier molecular flexibility index (Phi) is 3.77. The molecule has 1 aromatic rings. The van der Waals surface area contributed by atoms with Gasteiger partial charge in [0, 0.05) is 13.1 Å². The summed E-state index contributed by atoms with van der Waals surface area (Å²) in [5.74, 6) is 0.808. The lowest BCUT2D eigenvalue weighted by Crippen LogP contribution is -2.42. The van der Waals surface area contributed by atoms with Gasteiger partial charge in [-0.1, -0.05) is 0 Å². The number of carbonyl (C=O) groups is 1. The highest BCUT2D eigenvalue weighted by Gasteiger charge is 2.26. The van der Waals surface area contributed by atoms with E-state index in [9.17, 15) is 4.79 Å². The van der Waals surface area contributed by atoms with Crippen LogP contribution in [-0.4, -0.2) is 51.9 Å². The van der Waals surface area contributed by atoms with Gasteiger partial charge in [0.2, 0.25) is 5.91 Å². The number of nitrogens with zero attached hydrogens (tertiary/aromatic N) is 4. The van der Waals surface area contributed by atoms with E-state index in [1.54, 1.807) is 12.7 Å². The summed E-state index contributed by atoms with van der Waals surface area (Å²) in [6.07, 6.45) is 7.84. The van der Waals surface area contributed by atoms with Gasteiger partial charge < -0.3 is 9.64 Å². The summed E-state index contributed by atoms with van der Waals surface area (Å²) in [5.41, 5.74) is 0. The van der Waals surface area contributed by atoms with Gasteiger partial charge in [0.1, 0.15) is 19.3 Å². The monoisotopic (exact) mass is 264 g/mol. The molecule has 104 valence electrons. The maximum Gasteiger partial charge on any atom is 0.248 e. The molecule has 0 radical (unpaired) electrons. The Morgan fingerprint density at radius 1 is 1.37 bits per heavy atom. The minimum absolute atomic E-state index is 0.102. The summed E-state index contributed by atoms with van der Waals surface area (Å²) in [6, 6.07) is 0.253. The first-order valence-electron chi connectivity index (χ1n) is 7.02. The van der Waals surface area contributed by atoms with E-state index in [1.807, 2.05) is 9.58 Å². The van der Waals surface area contributed by atoms with Crippen molar-refractivity contribution >= 4 is 5.91 Å². The Hall–Kier alpha value is -1.43. The van der Waals surface area contributed by atoms with E-state index in [1.165, 1.54) is 12.8 Å². The first kappa shape index (κ1) is 12.6. The maximum absolute atomic E-state index is 12.1. The SMILES string of the molecule is O=C(COCC1CC1)N1CCC[C@@H](n2cncn2)C1. The van der Waals surface area contributed by atoms with E-state index in [4.69, 9.17) is 4.74 Å². The van der Waals surface area contributed by atoms with E-state index in [2.05, 4.69) is 10.1 Å². The Bertz CT molecular complexity index is 416. The van der Waals surface area contributed by atoms with Gasteiger partial charge in [0.05, 0.1) is 12.6 Å². The molecule has 1 aliphatic carbocycles. The van der Waals surface area contributed by atoms with Gasteiger partial charge in [0.25, 0.3) is 0 Å². The molecule has 19 heavy (non-hydrogen) atoms. The van der Waals surface area contributed by atoms with Crippen LogP contribution in [-0.2, 0) is 9.53 Å². The Balaban J connectivity index is 1.48. The minimum atomic E-state index is 0.102. The fourth-order valence-corrected chi connectivity index (χ4v) is 2.49. The van der Waals surface area contributed by atoms with Gasteiger partial charge in [-0.25, -0.2) is 9.67 Å². The summed E-state index contributed by atoms with van der Waals surface area (Å²) in [5, 5.41) is 4.16. The molecule has 0 unspecified atom stereocenters. The minimum Gasteiger partial charge on any atom is -0.371 e. The number of aromatic nitrogens is 3. The van der Waals surface area contributed by atoms with Crippen molar-refractivity contribution in [3.8, 4) is 0 Å². The van der Waals surface area contributed by atoms with Crippen molar-refractivity contribution in [2.45, 2.75) is 31.7 Å². The molecule has 1 saturated carbocycles. The predicted octanol–water partition coefficient (Wildman–Crippen LogP) is 0.868. The highest BCUT2D eigenvalue weighted by molar-refractivity contribution is 5.77. The number of hydrogen-bond donors (Lipinski definition) is 0. The maximum atomic E-state index is 12.1. The Labute approximate surface area is 112 Å². The molecule has 1 amide bonds. The van der Waals surface area contributed by atoms with Gasteiger partial charge in [-0.3, -0.25) is 4.79 Å². The standard InChI is InChI=1S/C13H20N4O2/c18-13(8-19-7-11-3-4-11)16-5-1-2-12(6-16)17-10-14-9-15-17/h9-12H,1-8H2/t12-/m1/s1. The van der Waals surface area contributed by atoms with Crippen LogP contribution in [0, 0.1) is 5.92 Å².